The molecule has 3 aromatic rings. The monoisotopic (exact) mass is 333 g/mol. The Morgan fingerprint density at radius 2 is 2.00 bits per heavy atom. The third-order valence-corrected chi connectivity index (χ3v) is 4.48. The van der Waals surface area contributed by atoms with Crippen LogP contribution in [0.2, 0.25) is 5.02 Å². The highest BCUT2D eigenvalue weighted by Crippen LogP contribution is 2.27. The van der Waals surface area contributed by atoms with E-state index < -0.39 is 0 Å². The highest BCUT2D eigenvalue weighted by Gasteiger charge is 2.15. The van der Waals surface area contributed by atoms with Gasteiger partial charge in [0.05, 0.1) is 6.26 Å². The van der Waals surface area contributed by atoms with E-state index in [9.17, 15) is 0 Å². The number of aromatic nitrogens is 3. The lowest BCUT2D eigenvalue weighted by Crippen LogP contribution is -2.01. The lowest BCUT2D eigenvalue weighted by molar-refractivity contribution is 0.559. The van der Waals surface area contributed by atoms with Gasteiger partial charge in [-0.05, 0) is 36.2 Å². The Kier molecular flexibility index (Phi) is 4.85. The number of hydrogen-bond acceptors (Lipinski definition) is 4. The molecule has 0 unspecified atom stereocenters. The second-order valence-electron chi connectivity index (χ2n) is 4.85. The van der Waals surface area contributed by atoms with Gasteiger partial charge in [-0.1, -0.05) is 42.4 Å². The lowest BCUT2D eigenvalue weighted by atomic mass is 10.2. The summed E-state index contributed by atoms with van der Waals surface area (Å²) in [5, 5.41) is 10.3. The van der Waals surface area contributed by atoms with Gasteiger partial charge >= 0.3 is 0 Å². The zero-order valence-electron chi connectivity index (χ0n) is 12.2. The van der Waals surface area contributed by atoms with E-state index in [2.05, 4.69) is 21.7 Å². The first-order valence-electron chi connectivity index (χ1n) is 7.12. The maximum absolute atomic E-state index is 5.91. The normalized spacial score (nSPS) is 11.0. The summed E-state index contributed by atoms with van der Waals surface area (Å²) in [6.45, 7) is 3.01. The Morgan fingerprint density at radius 3 is 2.68 bits per heavy atom. The first-order valence-corrected chi connectivity index (χ1v) is 8.48. The van der Waals surface area contributed by atoms with Gasteiger partial charge in [-0.15, -0.1) is 10.2 Å². The molecule has 2 aromatic heterocycles. The Hall–Kier alpha value is -1.72. The quantitative estimate of drug-likeness (QED) is 0.602. The van der Waals surface area contributed by atoms with E-state index in [-0.39, 0.29) is 0 Å². The zero-order chi connectivity index (χ0) is 15.4. The largest absolute Gasteiger partial charge is 0.461 e. The van der Waals surface area contributed by atoms with Gasteiger partial charge in [0, 0.05) is 17.3 Å². The summed E-state index contributed by atoms with van der Waals surface area (Å²) in [6, 6.07) is 11.6. The summed E-state index contributed by atoms with van der Waals surface area (Å²) in [7, 11) is 0. The average Bonchev–Trinajstić information content (AvgIpc) is 3.17. The van der Waals surface area contributed by atoms with E-state index in [1.54, 1.807) is 18.0 Å². The topological polar surface area (TPSA) is 43.9 Å². The third kappa shape index (κ3) is 3.36. The molecule has 2 heterocycles. The number of thioether (sulfide) groups is 1. The SMILES string of the molecule is CCCn1c(SCc2ccc(Cl)cc2)nnc1-c1ccco1. The van der Waals surface area contributed by atoms with Gasteiger partial charge < -0.3 is 4.42 Å². The summed E-state index contributed by atoms with van der Waals surface area (Å²) < 4.78 is 7.56. The summed E-state index contributed by atoms with van der Waals surface area (Å²) >= 11 is 7.58. The highest BCUT2D eigenvalue weighted by atomic mass is 35.5. The van der Waals surface area contributed by atoms with Crippen molar-refractivity contribution in [1.29, 1.82) is 0 Å². The summed E-state index contributed by atoms with van der Waals surface area (Å²) in [6.07, 6.45) is 2.67. The van der Waals surface area contributed by atoms with Crippen LogP contribution in [0.1, 0.15) is 18.9 Å². The molecule has 0 aliphatic rings. The van der Waals surface area contributed by atoms with Crippen LogP contribution >= 0.6 is 23.4 Å². The molecule has 0 radical (unpaired) electrons. The molecule has 0 aliphatic heterocycles. The van der Waals surface area contributed by atoms with Crippen LogP contribution in [0.15, 0.2) is 52.2 Å². The van der Waals surface area contributed by atoms with E-state index in [0.717, 1.165) is 40.5 Å². The van der Waals surface area contributed by atoms with Crippen molar-refractivity contribution >= 4 is 23.4 Å². The van der Waals surface area contributed by atoms with Gasteiger partial charge in [0.15, 0.2) is 16.7 Å². The van der Waals surface area contributed by atoms with Gasteiger partial charge in [0.1, 0.15) is 0 Å². The molecule has 0 spiro atoms. The van der Waals surface area contributed by atoms with E-state index in [1.807, 2.05) is 36.4 Å². The summed E-state index contributed by atoms with van der Waals surface area (Å²) in [5.41, 5.74) is 1.21. The van der Waals surface area contributed by atoms with Crippen molar-refractivity contribution in [3.8, 4) is 11.6 Å². The van der Waals surface area contributed by atoms with Crippen molar-refractivity contribution in [3.05, 3.63) is 53.2 Å². The lowest BCUT2D eigenvalue weighted by Gasteiger charge is -2.07. The number of benzene rings is 1. The summed E-state index contributed by atoms with van der Waals surface area (Å²) in [4.78, 5) is 0. The van der Waals surface area contributed by atoms with Crippen molar-refractivity contribution in [2.75, 3.05) is 0 Å². The van der Waals surface area contributed by atoms with Crippen LogP contribution in [0.5, 0.6) is 0 Å². The molecule has 114 valence electrons. The van der Waals surface area contributed by atoms with Crippen molar-refractivity contribution < 1.29 is 4.42 Å². The Morgan fingerprint density at radius 1 is 1.18 bits per heavy atom. The zero-order valence-corrected chi connectivity index (χ0v) is 13.8. The van der Waals surface area contributed by atoms with Gasteiger partial charge in [0.2, 0.25) is 0 Å². The fraction of sp³-hybridized carbons (Fsp3) is 0.250. The molecule has 3 rings (SSSR count). The second-order valence-corrected chi connectivity index (χ2v) is 6.23. The minimum absolute atomic E-state index is 0.749. The van der Waals surface area contributed by atoms with Crippen LogP contribution in [0.4, 0.5) is 0 Å². The molecule has 6 heteroatoms. The molecule has 22 heavy (non-hydrogen) atoms. The molecule has 0 atom stereocenters. The molecule has 0 saturated heterocycles. The first kappa shape index (κ1) is 15.2. The van der Waals surface area contributed by atoms with Gasteiger partial charge in [-0.3, -0.25) is 4.57 Å². The number of halogens is 1. The number of nitrogens with zero attached hydrogens (tertiary/aromatic N) is 3. The van der Waals surface area contributed by atoms with Crippen molar-refractivity contribution in [1.82, 2.24) is 14.8 Å². The molecule has 1 aromatic carbocycles. The van der Waals surface area contributed by atoms with Crippen molar-refractivity contribution in [2.24, 2.45) is 0 Å². The molecule has 4 nitrogen and oxygen atoms in total. The molecular formula is C16H16ClN3OS. The maximum atomic E-state index is 5.91. The fourth-order valence-corrected chi connectivity index (χ4v) is 3.18. The standard InChI is InChI=1S/C16H16ClN3OS/c1-2-9-20-15(14-4-3-10-21-14)18-19-16(20)22-11-12-5-7-13(17)8-6-12/h3-8,10H,2,9,11H2,1H3. The van der Waals surface area contributed by atoms with Gasteiger partial charge in [-0.25, -0.2) is 0 Å². The van der Waals surface area contributed by atoms with E-state index in [4.69, 9.17) is 16.0 Å². The van der Waals surface area contributed by atoms with Crippen LogP contribution in [0, 0.1) is 0 Å². The number of furan rings is 1. The van der Waals surface area contributed by atoms with Crippen LogP contribution in [0.25, 0.3) is 11.6 Å². The highest BCUT2D eigenvalue weighted by molar-refractivity contribution is 7.98. The Labute approximate surface area is 138 Å². The molecule has 0 aliphatic carbocycles. The average molecular weight is 334 g/mol. The molecule has 0 bridgehead atoms. The van der Waals surface area contributed by atoms with Crippen LogP contribution in [0.3, 0.4) is 0 Å². The van der Waals surface area contributed by atoms with Crippen LogP contribution in [-0.4, -0.2) is 14.8 Å². The van der Waals surface area contributed by atoms with Crippen LogP contribution in [-0.2, 0) is 12.3 Å². The van der Waals surface area contributed by atoms with Gasteiger partial charge in [-0.2, -0.15) is 0 Å². The maximum Gasteiger partial charge on any atom is 0.200 e. The fourth-order valence-electron chi connectivity index (χ4n) is 2.14. The Balaban J connectivity index is 1.79. The number of hydrogen-bond donors (Lipinski definition) is 0. The predicted molar refractivity (Wildman–Crippen MR) is 89.0 cm³/mol. The second kappa shape index (κ2) is 7.03. The minimum Gasteiger partial charge on any atom is -0.461 e. The number of rotatable bonds is 6. The molecule has 0 amide bonds. The van der Waals surface area contributed by atoms with Crippen molar-refractivity contribution in [2.45, 2.75) is 30.8 Å². The van der Waals surface area contributed by atoms with E-state index in [1.165, 1.54) is 5.56 Å². The minimum atomic E-state index is 0.749. The summed E-state index contributed by atoms with van der Waals surface area (Å²) in [5.74, 6) is 2.36. The molecular weight excluding hydrogens is 318 g/mol. The third-order valence-electron chi connectivity index (χ3n) is 3.19. The van der Waals surface area contributed by atoms with Crippen LogP contribution < -0.4 is 0 Å². The predicted octanol–water partition coefficient (Wildman–Crippen LogP) is 4.89. The molecule has 0 fully saturated rings. The molecule has 0 saturated carbocycles. The van der Waals surface area contributed by atoms with Gasteiger partial charge in [0.25, 0.3) is 0 Å². The Bertz CT molecular complexity index is 722. The van der Waals surface area contributed by atoms with Crippen molar-refractivity contribution in [3.63, 3.8) is 0 Å². The van der Waals surface area contributed by atoms with E-state index >= 15 is 0 Å². The first-order chi connectivity index (χ1) is 10.8. The smallest absolute Gasteiger partial charge is 0.200 e. The van der Waals surface area contributed by atoms with E-state index in [0.29, 0.717) is 0 Å². The molecule has 0 N–H and O–H groups in total.